The van der Waals surface area contributed by atoms with E-state index in [-0.39, 0.29) is 6.42 Å². The second kappa shape index (κ2) is 8.84. The van der Waals surface area contributed by atoms with E-state index in [1.54, 1.807) is 24.3 Å². The van der Waals surface area contributed by atoms with E-state index in [1.807, 2.05) is 43.3 Å². The Kier molecular flexibility index (Phi) is 6.54. The Morgan fingerprint density at radius 3 is 2.28 bits per heavy atom. The molecule has 0 aromatic heterocycles. The highest BCUT2D eigenvalue weighted by molar-refractivity contribution is 6.30. The van der Waals surface area contributed by atoms with Crippen LogP contribution in [0.2, 0.25) is 5.02 Å². The third-order valence-corrected chi connectivity index (χ3v) is 3.51. The molecule has 6 nitrogen and oxygen atoms in total. The monoisotopic (exact) mass is 358 g/mol. The molecule has 0 aliphatic heterocycles. The van der Waals surface area contributed by atoms with Gasteiger partial charge in [-0.15, -0.1) is 0 Å². The minimum Gasteiger partial charge on any atom is -0.378 e. The summed E-state index contributed by atoms with van der Waals surface area (Å²) >= 11 is 5.77. The van der Waals surface area contributed by atoms with Gasteiger partial charge in [-0.25, -0.2) is 5.43 Å². The van der Waals surface area contributed by atoms with Crippen molar-refractivity contribution in [1.29, 1.82) is 0 Å². The van der Waals surface area contributed by atoms with Gasteiger partial charge in [-0.2, -0.15) is 5.10 Å². The zero-order valence-corrected chi connectivity index (χ0v) is 14.7. The van der Waals surface area contributed by atoms with Crippen LogP contribution in [-0.2, 0) is 9.59 Å². The van der Waals surface area contributed by atoms with E-state index < -0.39 is 11.8 Å². The van der Waals surface area contributed by atoms with Crippen molar-refractivity contribution >= 4 is 41.0 Å². The summed E-state index contributed by atoms with van der Waals surface area (Å²) in [4.78, 5) is 25.5. The highest BCUT2D eigenvalue weighted by Crippen LogP contribution is 2.13. The summed E-state index contributed by atoms with van der Waals surface area (Å²) in [5.41, 5.74) is 4.82. The number of benzene rings is 2. The van der Waals surface area contributed by atoms with Gasteiger partial charge in [0, 0.05) is 30.5 Å². The maximum absolute atomic E-state index is 11.8. The molecular formula is C18H19ClN4O2. The lowest BCUT2D eigenvalue weighted by molar-refractivity contribution is -0.126. The fourth-order valence-electron chi connectivity index (χ4n) is 1.96. The Labute approximate surface area is 151 Å². The molecule has 0 aliphatic rings. The summed E-state index contributed by atoms with van der Waals surface area (Å²) in [6.07, 6.45) is 1.20. The fraction of sp³-hybridized carbons (Fsp3) is 0.167. The molecule has 0 bridgehead atoms. The van der Waals surface area contributed by atoms with Crippen LogP contribution in [-0.4, -0.2) is 32.1 Å². The van der Waals surface area contributed by atoms with Gasteiger partial charge in [-0.3, -0.25) is 9.59 Å². The normalized spacial score (nSPS) is 10.5. The molecule has 0 radical (unpaired) electrons. The molecule has 2 aromatic rings. The van der Waals surface area contributed by atoms with Crippen LogP contribution < -0.4 is 15.6 Å². The Bertz CT molecular complexity index is 756. The summed E-state index contributed by atoms with van der Waals surface area (Å²) in [6.45, 7) is 0. The van der Waals surface area contributed by atoms with Gasteiger partial charge in [0.05, 0.1) is 6.21 Å². The lowest BCUT2D eigenvalue weighted by Gasteiger charge is -2.11. The van der Waals surface area contributed by atoms with E-state index in [1.165, 1.54) is 6.21 Å². The number of carbonyl (C=O) groups is 2. The molecule has 130 valence electrons. The lowest BCUT2D eigenvalue weighted by Crippen LogP contribution is -2.24. The average Bonchev–Trinajstić information content (AvgIpc) is 2.57. The summed E-state index contributed by atoms with van der Waals surface area (Å²) in [6, 6.07) is 14.3. The van der Waals surface area contributed by atoms with Gasteiger partial charge in [0.15, 0.2) is 0 Å². The predicted octanol–water partition coefficient (Wildman–Crippen LogP) is 2.88. The highest BCUT2D eigenvalue weighted by Gasteiger charge is 2.08. The molecule has 2 aromatic carbocycles. The fourth-order valence-corrected chi connectivity index (χ4v) is 2.09. The van der Waals surface area contributed by atoms with Gasteiger partial charge < -0.3 is 10.2 Å². The SMILES string of the molecule is CN(C)c1ccc(C=NNC(=O)CC(=O)Nc2ccc(Cl)cc2)cc1. The topological polar surface area (TPSA) is 73.8 Å². The van der Waals surface area contributed by atoms with Gasteiger partial charge >= 0.3 is 0 Å². The first-order chi connectivity index (χ1) is 11.9. The number of amides is 2. The molecule has 0 atom stereocenters. The highest BCUT2D eigenvalue weighted by atomic mass is 35.5. The molecule has 0 saturated heterocycles. The maximum Gasteiger partial charge on any atom is 0.249 e. The van der Waals surface area contributed by atoms with E-state index in [0.717, 1.165) is 11.3 Å². The van der Waals surface area contributed by atoms with Crippen molar-refractivity contribution in [2.24, 2.45) is 5.10 Å². The molecule has 0 heterocycles. The molecule has 7 heteroatoms. The summed E-state index contributed by atoms with van der Waals surface area (Å²) in [7, 11) is 3.91. The zero-order chi connectivity index (χ0) is 18.2. The Morgan fingerprint density at radius 2 is 1.68 bits per heavy atom. The van der Waals surface area contributed by atoms with Crippen LogP contribution >= 0.6 is 11.6 Å². The van der Waals surface area contributed by atoms with Gasteiger partial charge in [0.2, 0.25) is 11.8 Å². The van der Waals surface area contributed by atoms with Crippen LogP contribution in [0.4, 0.5) is 11.4 Å². The van der Waals surface area contributed by atoms with Gasteiger partial charge in [-0.1, -0.05) is 23.7 Å². The smallest absolute Gasteiger partial charge is 0.249 e. The zero-order valence-electron chi connectivity index (χ0n) is 14.0. The molecule has 25 heavy (non-hydrogen) atoms. The number of hydrogen-bond donors (Lipinski definition) is 2. The Morgan fingerprint density at radius 1 is 1.04 bits per heavy atom. The molecule has 2 N–H and O–H groups in total. The minimum absolute atomic E-state index is 0.320. The number of halogens is 1. The van der Waals surface area contributed by atoms with Crippen molar-refractivity contribution in [3.8, 4) is 0 Å². The van der Waals surface area contributed by atoms with E-state index in [4.69, 9.17) is 11.6 Å². The average molecular weight is 359 g/mol. The number of nitrogens with zero attached hydrogens (tertiary/aromatic N) is 2. The number of hydrazone groups is 1. The van der Waals surface area contributed by atoms with Crippen LogP contribution in [0.3, 0.4) is 0 Å². The molecule has 0 fully saturated rings. The molecular weight excluding hydrogens is 340 g/mol. The number of hydrogen-bond acceptors (Lipinski definition) is 4. The van der Waals surface area contributed by atoms with Crippen LogP contribution in [0.15, 0.2) is 53.6 Å². The third kappa shape index (κ3) is 6.27. The molecule has 0 unspecified atom stereocenters. The van der Waals surface area contributed by atoms with Gasteiger partial charge in [0.25, 0.3) is 0 Å². The largest absolute Gasteiger partial charge is 0.378 e. The summed E-state index contributed by atoms with van der Waals surface area (Å²) in [5, 5.41) is 7.04. The van der Waals surface area contributed by atoms with Crippen molar-refractivity contribution in [2.75, 3.05) is 24.3 Å². The minimum atomic E-state index is -0.493. The van der Waals surface area contributed by atoms with Crippen LogP contribution in [0.5, 0.6) is 0 Å². The number of rotatable bonds is 6. The molecule has 0 saturated carbocycles. The summed E-state index contributed by atoms with van der Waals surface area (Å²) < 4.78 is 0. The van der Waals surface area contributed by atoms with Crippen molar-refractivity contribution in [3.63, 3.8) is 0 Å². The number of carbonyl (C=O) groups excluding carboxylic acids is 2. The number of anilines is 2. The second-order valence-electron chi connectivity index (χ2n) is 5.51. The number of nitrogens with one attached hydrogen (secondary N) is 2. The third-order valence-electron chi connectivity index (χ3n) is 3.26. The van der Waals surface area contributed by atoms with E-state index in [0.29, 0.717) is 10.7 Å². The standard InChI is InChI=1S/C18H19ClN4O2/c1-23(2)16-9-3-13(4-10-16)12-20-22-18(25)11-17(24)21-15-7-5-14(19)6-8-15/h3-10,12H,11H2,1-2H3,(H,21,24)(H,22,25). The molecule has 2 amide bonds. The van der Waals surface area contributed by atoms with Crippen molar-refractivity contribution in [1.82, 2.24) is 5.43 Å². The second-order valence-corrected chi connectivity index (χ2v) is 5.95. The summed E-state index contributed by atoms with van der Waals surface area (Å²) in [5.74, 6) is -0.919. The Hall–Kier alpha value is -2.86. The van der Waals surface area contributed by atoms with Crippen molar-refractivity contribution < 1.29 is 9.59 Å². The lowest BCUT2D eigenvalue weighted by atomic mass is 10.2. The first-order valence-corrected chi connectivity index (χ1v) is 7.96. The predicted molar refractivity (Wildman–Crippen MR) is 101 cm³/mol. The molecule has 0 aliphatic carbocycles. The van der Waals surface area contributed by atoms with Gasteiger partial charge in [0.1, 0.15) is 6.42 Å². The maximum atomic E-state index is 11.8. The van der Waals surface area contributed by atoms with Crippen LogP contribution in [0.1, 0.15) is 12.0 Å². The molecule has 0 spiro atoms. The molecule has 2 rings (SSSR count). The first kappa shape index (κ1) is 18.5. The van der Waals surface area contributed by atoms with Crippen LogP contribution in [0.25, 0.3) is 0 Å². The first-order valence-electron chi connectivity index (χ1n) is 7.59. The van der Waals surface area contributed by atoms with Crippen molar-refractivity contribution in [2.45, 2.75) is 6.42 Å². The van der Waals surface area contributed by atoms with Gasteiger partial charge in [-0.05, 0) is 42.0 Å². The quantitative estimate of drug-likeness (QED) is 0.473. The van der Waals surface area contributed by atoms with Crippen LogP contribution in [0, 0.1) is 0 Å². The van der Waals surface area contributed by atoms with E-state index in [2.05, 4.69) is 15.8 Å². The van der Waals surface area contributed by atoms with Crippen molar-refractivity contribution in [3.05, 3.63) is 59.1 Å². The van der Waals surface area contributed by atoms with E-state index in [9.17, 15) is 9.59 Å². The Balaban J connectivity index is 1.79. The van der Waals surface area contributed by atoms with E-state index >= 15 is 0 Å².